The monoisotopic (exact) mass is 481 g/mol. The lowest BCUT2D eigenvalue weighted by Crippen LogP contribution is -2.51. The van der Waals surface area contributed by atoms with Crippen molar-refractivity contribution in [3.05, 3.63) is 53.1 Å². The molecule has 2 aromatic carbocycles. The molecule has 6 rings (SSSR count). The number of ether oxygens (including phenoxy) is 2. The Hall–Kier alpha value is -2.53. The van der Waals surface area contributed by atoms with E-state index in [-0.39, 0.29) is 17.9 Å². The third kappa shape index (κ3) is 4.95. The number of halogens is 1. The molecule has 180 valence electrons. The van der Waals surface area contributed by atoms with Crippen molar-refractivity contribution in [3.63, 3.8) is 0 Å². The molecule has 0 saturated heterocycles. The molecular formula is C28H32ClNO4. The number of hydrogen-bond donors (Lipinski definition) is 1. The highest BCUT2D eigenvalue weighted by Crippen LogP contribution is 2.59. The second-order valence-corrected chi connectivity index (χ2v) is 10.8. The largest absolute Gasteiger partial charge is 0.482 e. The number of esters is 1. The average molecular weight is 482 g/mol. The summed E-state index contributed by atoms with van der Waals surface area (Å²) in [5, 5.41) is 3.68. The van der Waals surface area contributed by atoms with Gasteiger partial charge in [-0.2, -0.15) is 0 Å². The number of rotatable bonds is 8. The molecular weight excluding hydrogens is 450 g/mol. The van der Waals surface area contributed by atoms with Gasteiger partial charge in [0.1, 0.15) is 5.75 Å². The first-order valence-corrected chi connectivity index (χ1v) is 12.8. The molecule has 1 N–H and O–H groups in total. The lowest BCUT2D eigenvalue weighted by Gasteiger charge is -2.56. The number of amides is 1. The Morgan fingerprint density at radius 2 is 1.68 bits per heavy atom. The molecule has 4 saturated carbocycles. The summed E-state index contributed by atoms with van der Waals surface area (Å²) in [6.45, 7) is 2.68. The topological polar surface area (TPSA) is 64.6 Å². The van der Waals surface area contributed by atoms with Crippen molar-refractivity contribution in [3.8, 4) is 16.9 Å². The molecule has 2 aromatic rings. The average Bonchev–Trinajstić information content (AvgIpc) is 2.81. The third-order valence-electron chi connectivity index (χ3n) is 7.83. The maximum Gasteiger partial charge on any atom is 0.344 e. The van der Waals surface area contributed by atoms with Gasteiger partial charge in [0.15, 0.2) is 6.61 Å². The van der Waals surface area contributed by atoms with E-state index in [4.69, 9.17) is 21.1 Å². The van der Waals surface area contributed by atoms with E-state index in [1.165, 1.54) is 38.5 Å². The predicted molar refractivity (Wildman–Crippen MR) is 132 cm³/mol. The van der Waals surface area contributed by atoms with Crippen molar-refractivity contribution in [2.75, 3.05) is 19.8 Å². The fourth-order valence-electron chi connectivity index (χ4n) is 6.86. The molecule has 0 atom stereocenters. The van der Waals surface area contributed by atoms with Crippen LogP contribution in [0.15, 0.2) is 42.5 Å². The van der Waals surface area contributed by atoms with E-state index in [2.05, 4.69) is 5.32 Å². The van der Waals surface area contributed by atoms with Crippen LogP contribution in [0, 0.1) is 23.2 Å². The molecule has 6 heteroatoms. The lowest BCUT2D eigenvalue weighted by molar-refractivity contribution is -0.145. The van der Waals surface area contributed by atoms with Crippen LogP contribution in [0.1, 0.15) is 55.8 Å². The Morgan fingerprint density at radius 1 is 1.00 bits per heavy atom. The van der Waals surface area contributed by atoms with Crippen molar-refractivity contribution in [1.82, 2.24) is 5.32 Å². The van der Waals surface area contributed by atoms with Crippen LogP contribution in [0.5, 0.6) is 5.75 Å². The van der Waals surface area contributed by atoms with E-state index >= 15 is 0 Å². The van der Waals surface area contributed by atoms with Crippen LogP contribution in [0.4, 0.5) is 0 Å². The molecule has 4 fully saturated rings. The number of hydrogen-bond acceptors (Lipinski definition) is 4. The molecule has 0 aliphatic heterocycles. The minimum atomic E-state index is -0.405. The van der Waals surface area contributed by atoms with Crippen molar-refractivity contribution in [1.29, 1.82) is 0 Å². The highest BCUT2D eigenvalue weighted by Gasteiger charge is 2.50. The van der Waals surface area contributed by atoms with Gasteiger partial charge in [-0.15, -0.1) is 0 Å². The van der Waals surface area contributed by atoms with Gasteiger partial charge in [0.05, 0.1) is 17.2 Å². The van der Waals surface area contributed by atoms with Crippen LogP contribution < -0.4 is 10.1 Å². The quantitative estimate of drug-likeness (QED) is 0.477. The molecule has 5 nitrogen and oxygen atoms in total. The maximum absolute atomic E-state index is 13.2. The van der Waals surface area contributed by atoms with Gasteiger partial charge < -0.3 is 14.8 Å². The zero-order valence-corrected chi connectivity index (χ0v) is 20.4. The van der Waals surface area contributed by atoms with E-state index in [0.717, 1.165) is 35.4 Å². The summed E-state index contributed by atoms with van der Waals surface area (Å²) in [4.78, 5) is 24.8. The second-order valence-electron chi connectivity index (χ2n) is 10.4. The number of carbonyl (C=O) groups is 2. The van der Waals surface area contributed by atoms with E-state index in [1.807, 2.05) is 30.3 Å². The van der Waals surface area contributed by atoms with Crippen LogP contribution in [-0.2, 0) is 9.53 Å². The predicted octanol–water partition coefficient (Wildman–Crippen LogP) is 5.90. The van der Waals surface area contributed by atoms with Gasteiger partial charge in [0, 0.05) is 6.54 Å². The van der Waals surface area contributed by atoms with E-state index in [9.17, 15) is 9.59 Å². The Bertz CT molecular complexity index is 1050. The fraction of sp³-hybridized carbons (Fsp3) is 0.500. The normalized spacial score (nSPS) is 26.8. The van der Waals surface area contributed by atoms with Gasteiger partial charge in [-0.25, -0.2) is 4.79 Å². The summed E-state index contributed by atoms with van der Waals surface area (Å²) in [5.74, 6) is 2.61. The second kappa shape index (κ2) is 9.61. The van der Waals surface area contributed by atoms with E-state index < -0.39 is 5.97 Å². The Balaban J connectivity index is 1.27. The number of carbonyl (C=O) groups excluding carboxylic acids is 2. The minimum absolute atomic E-state index is 0.114. The minimum Gasteiger partial charge on any atom is -0.482 e. The van der Waals surface area contributed by atoms with Crippen molar-refractivity contribution in [2.24, 2.45) is 23.2 Å². The Labute approximate surface area is 206 Å². The van der Waals surface area contributed by atoms with Gasteiger partial charge >= 0.3 is 5.97 Å². The van der Waals surface area contributed by atoms with Crippen LogP contribution in [-0.4, -0.2) is 31.6 Å². The Morgan fingerprint density at radius 3 is 2.35 bits per heavy atom. The molecule has 0 unspecified atom stereocenters. The lowest BCUT2D eigenvalue weighted by atomic mass is 9.49. The van der Waals surface area contributed by atoms with Crippen molar-refractivity contribution in [2.45, 2.75) is 45.4 Å². The standard InChI is InChI=1S/C28H32ClNO4/c1-2-33-26(31)16-34-23-5-3-4-21(11-23)22-6-7-25(29)24(12-22)27(32)30-17-28-13-18-8-19(14-28)10-20(9-18)15-28/h3-7,11-12,18-20H,2,8-10,13-17H2,1H3,(H,30,32). The van der Waals surface area contributed by atoms with Crippen molar-refractivity contribution >= 4 is 23.5 Å². The molecule has 34 heavy (non-hydrogen) atoms. The molecule has 1 amide bonds. The van der Waals surface area contributed by atoms with E-state index in [0.29, 0.717) is 22.9 Å². The fourth-order valence-corrected chi connectivity index (χ4v) is 7.06. The third-order valence-corrected chi connectivity index (χ3v) is 8.16. The van der Waals surface area contributed by atoms with Gasteiger partial charge in [-0.3, -0.25) is 4.79 Å². The van der Waals surface area contributed by atoms with E-state index in [1.54, 1.807) is 19.1 Å². The summed E-state index contributed by atoms with van der Waals surface area (Å²) in [7, 11) is 0. The molecule has 4 aliphatic rings. The van der Waals surface area contributed by atoms with Gasteiger partial charge in [-0.1, -0.05) is 29.8 Å². The molecule has 4 aliphatic carbocycles. The summed E-state index contributed by atoms with van der Waals surface area (Å²) in [5.41, 5.74) is 2.51. The summed E-state index contributed by atoms with van der Waals surface area (Å²) in [6.07, 6.45) is 7.94. The highest BCUT2D eigenvalue weighted by atomic mass is 35.5. The number of nitrogens with one attached hydrogen (secondary N) is 1. The summed E-state index contributed by atoms with van der Waals surface area (Å²) < 4.78 is 10.5. The van der Waals surface area contributed by atoms with Gasteiger partial charge in [-0.05, 0) is 104 Å². The molecule has 0 heterocycles. The summed E-state index contributed by atoms with van der Waals surface area (Å²) in [6, 6.07) is 12.9. The first-order valence-electron chi connectivity index (χ1n) is 12.4. The first-order chi connectivity index (χ1) is 16.4. The zero-order chi connectivity index (χ0) is 23.7. The summed E-state index contributed by atoms with van der Waals surface area (Å²) >= 11 is 6.44. The molecule has 0 spiro atoms. The maximum atomic E-state index is 13.2. The first kappa shape index (κ1) is 23.2. The van der Waals surface area contributed by atoms with Crippen LogP contribution in [0.3, 0.4) is 0 Å². The Kier molecular flexibility index (Phi) is 6.57. The molecule has 0 aromatic heterocycles. The number of benzene rings is 2. The SMILES string of the molecule is CCOC(=O)COc1cccc(-c2ccc(Cl)c(C(=O)NCC34CC5CC(CC(C5)C3)C4)c2)c1. The van der Waals surface area contributed by atoms with Crippen molar-refractivity contribution < 1.29 is 19.1 Å². The molecule has 0 radical (unpaired) electrons. The molecule has 4 bridgehead atoms. The zero-order valence-electron chi connectivity index (χ0n) is 19.6. The van der Waals surface area contributed by atoms with Gasteiger partial charge in [0.2, 0.25) is 0 Å². The van der Waals surface area contributed by atoms with Crippen LogP contribution in [0.2, 0.25) is 5.02 Å². The van der Waals surface area contributed by atoms with Gasteiger partial charge in [0.25, 0.3) is 5.91 Å². The van der Waals surface area contributed by atoms with Crippen LogP contribution >= 0.6 is 11.6 Å². The highest BCUT2D eigenvalue weighted by molar-refractivity contribution is 6.34. The van der Waals surface area contributed by atoms with Crippen LogP contribution in [0.25, 0.3) is 11.1 Å². The smallest absolute Gasteiger partial charge is 0.344 e.